The zero-order valence-corrected chi connectivity index (χ0v) is 12.5. The molecule has 0 heterocycles. The molecule has 1 nitrogen and oxygen atoms in total. The Labute approximate surface area is 127 Å². The Bertz CT molecular complexity index is 634. The van der Waals surface area contributed by atoms with E-state index < -0.39 is 17.7 Å². The van der Waals surface area contributed by atoms with Gasteiger partial charge in [-0.15, -0.1) is 0 Å². The summed E-state index contributed by atoms with van der Waals surface area (Å²) < 4.78 is 27.7. The number of hydrogen-bond donors (Lipinski definition) is 1. The summed E-state index contributed by atoms with van der Waals surface area (Å²) >= 11 is 14.9. The number of rotatable bonds is 2. The van der Waals surface area contributed by atoms with Crippen LogP contribution >= 0.6 is 39.1 Å². The van der Waals surface area contributed by atoms with Gasteiger partial charge in [0.25, 0.3) is 0 Å². The van der Waals surface area contributed by atoms with Crippen molar-refractivity contribution in [2.75, 3.05) is 0 Å². The van der Waals surface area contributed by atoms with E-state index in [1.165, 1.54) is 24.3 Å². The van der Waals surface area contributed by atoms with Crippen molar-refractivity contribution in [2.45, 2.75) is 6.04 Å². The first-order valence-corrected chi connectivity index (χ1v) is 6.80. The van der Waals surface area contributed by atoms with Crippen LogP contribution in [-0.2, 0) is 0 Å². The number of benzene rings is 2. The lowest BCUT2D eigenvalue weighted by atomic mass is 9.99. The highest BCUT2D eigenvalue weighted by Crippen LogP contribution is 2.33. The maximum atomic E-state index is 13.9. The lowest BCUT2D eigenvalue weighted by Crippen LogP contribution is -2.14. The molecular formula is C13H8BrCl2F2N. The van der Waals surface area contributed by atoms with Crippen molar-refractivity contribution in [3.05, 3.63) is 67.6 Å². The highest BCUT2D eigenvalue weighted by atomic mass is 79.9. The summed E-state index contributed by atoms with van der Waals surface area (Å²) in [4.78, 5) is 0. The molecule has 0 spiro atoms. The largest absolute Gasteiger partial charge is 0.320 e. The van der Waals surface area contributed by atoms with Crippen molar-refractivity contribution in [2.24, 2.45) is 5.73 Å². The first-order valence-electron chi connectivity index (χ1n) is 5.25. The first-order chi connectivity index (χ1) is 8.91. The Morgan fingerprint density at radius 1 is 1.05 bits per heavy atom. The van der Waals surface area contributed by atoms with Gasteiger partial charge in [-0.25, -0.2) is 8.78 Å². The summed E-state index contributed by atoms with van der Waals surface area (Å²) in [6.07, 6.45) is 0. The number of halogens is 5. The van der Waals surface area contributed by atoms with Gasteiger partial charge < -0.3 is 5.73 Å². The molecule has 0 bridgehead atoms. The van der Waals surface area contributed by atoms with Crippen LogP contribution in [0.2, 0.25) is 10.0 Å². The van der Waals surface area contributed by atoms with Crippen molar-refractivity contribution < 1.29 is 8.78 Å². The maximum Gasteiger partial charge on any atom is 0.142 e. The molecule has 2 aromatic carbocycles. The summed E-state index contributed by atoms with van der Waals surface area (Å²) in [7, 11) is 0. The van der Waals surface area contributed by atoms with Crippen molar-refractivity contribution >= 4 is 39.1 Å². The fourth-order valence-corrected chi connectivity index (χ4v) is 2.44. The lowest BCUT2D eigenvalue weighted by Gasteiger charge is -2.16. The average molecular weight is 367 g/mol. The third-order valence-electron chi connectivity index (χ3n) is 2.69. The first kappa shape index (κ1) is 14.7. The average Bonchev–Trinajstić information content (AvgIpc) is 2.36. The summed E-state index contributed by atoms with van der Waals surface area (Å²) in [6.45, 7) is 0. The third-order valence-corrected chi connectivity index (χ3v) is 4.29. The Balaban J connectivity index is 2.53. The van der Waals surface area contributed by atoms with Gasteiger partial charge in [-0.2, -0.15) is 0 Å². The highest BCUT2D eigenvalue weighted by molar-refractivity contribution is 9.10. The second-order valence-electron chi connectivity index (χ2n) is 3.91. The highest BCUT2D eigenvalue weighted by Gasteiger charge is 2.19. The van der Waals surface area contributed by atoms with Crippen molar-refractivity contribution in [3.63, 3.8) is 0 Å². The van der Waals surface area contributed by atoms with Crippen molar-refractivity contribution in [1.82, 2.24) is 0 Å². The Morgan fingerprint density at radius 3 is 2.42 bits per heavy atom. The molecule has 100 valence electrons. The zero-order valence-electron chi connectivity index (χ0n) is 9.43. The summed E-state index contributed by atoms with van der Waals surface area (Å²) in [5, 5.41) is 0.202. The van der Waals surface area contributed by atoms with Crippen LogP contribution in [0.15, 0.2) is 34.8 Å². The molecule has 1 atom stereocenters. The zero-order chi connectivity index (χ0) is 14.2. The third kappa shape index (κ3) is 2.92. The molecule has 0 aromatic heterocycles. The minimum Gasteiger partial charge on any atom is -0.320 e. The van der Waals surface area contributed by atoms with E-state index in [0.717, 1.165) is 0 Å². The van der Waals surface area contributed by atoms with Crippen LogP contribution < -0.4 is 5.73 Å². The van der Waals surface area contributed by atoms with E-state index in [0.29, 0.717) is 15.1 Å². The fraction of sp³-hybridized carbons (Fsp3) is 0.0769. The second kappa shape index (κ2) is 5.75. The van der Waals surface area contributed by atoms with Gasteiger partial charge in [0, 0.05) is 10.0 Å². The van der Waals surface area contributed by atoms with Crippen LogP contribution in [0.3, 0.4) is 0 Å². The summed E-state index contributed by atoms with van der Waals surface area (Å²) in [6, 6.07) is 5.94. The Kier molecular flexibility index (Phi) is 4.46. The van der Waals surface area contributed by atoms with E-state index in [1.54, 1.807) is 6.07 Å². The van der Waals surface area contributed by atoms with E-state index in [-0.39, 0.29) is 10.6 Å². The van der Waals surface area contributed by atoms with Gasteiger partial charge in [-0.05, 0) is 39.7 Å². The number of nitrogens with two attached hydrogens (primary N) is 1. The molecule has 6 heteroatoms. The number of hydrogen-bond acceptors (Lipinski definition) is 1. The van der Waals surface area contributed by atoms with E-state index in [2.05, 4.69) is 15.9 Å². The molecule has 0 aliphatic rings. The van der Waals surface area contributed by atoms with Crippen LogP contribution in [0.5, 0.6) is 0 Å². The molecule has 0 radical (unpaired) electrons. The summed E-state index contributed by atoms with van der Waals surface area (Å²) in [5.41, 5.74) is 6.40. The maximum absolute atomic E-state index is 13.9. The minimum absolute atomic E-state index is 0.117. The molecule has 0 saturated heterocycles. The van der Waals surface area contributed by atoms with Crippen LogP contribution in [0.1, 0.15) is 17.2 Å². The fourth-order valence-electron chi connectivity index (χ4n) is 1.70. The molecule has 2 rings (SSSR count). The van der Waals surface area contributed by atoms with Crippen LogP contribution in [-0.4, -0.2) is 0 Å². The van der Waals surface area contributed by atoms with Gasteiger partial charge in [-0.3, -0.25) is 0 Å². The van der Waals surface area contributed by atoms with Crippen LogP contribution in [0, 0.1) is 11.6 Å². The standard InChI is InChI=1S/C13H8BrCl2F2N/c14-8-5-11(18)7(4-9(8)15)13(19)6-2-1-3-10(17)12(6)16/h1-5,13H,19H2. The van der Waals surface area contributed by atoms with Gasteiger partial charge >= 0.3 is 0 Å². The van der Waals surface area contributed by atoms with Crippen LogP contribution in [0.4, 0.5) is 8.78 Å². The minimum atomic E-state index is -0.895. The van der Waals surface area contributed by atoms with E-state index >= 15 is 0 Å². The predicted octanol–water partition coefficient (Wildman–Crippen LogP) is 5.08. The topological polar surface area (TPSA) is 26.0 Å². The van der Waals surface area contributed by atoms with Crippen molar-refractivity contribution in [1.29, 1.82) is 0 Å². The molecule has 0 saturated carbocycles. The molecule has 2 N–H and O–H groups in total. The second-order valence-corrected chi connectivity index (χ2v) is 5.55. The molecule has 1 unspecified atom stereocenters. The molecule has 0 amide bonds. The molecule has 2 aromatic rings. The van der Waals surface area contributed by atoms with Gasteiger partial charge in [0.15, 0.2) is 0 Å². The molecule has 0 aliphatic carbocycles. The van der Waals surface area contributed by atoms with Crippen molar-refractivity contribution in [3.8, 4) is 0 Å². The Hall–Kier alpha value is -0.680. The quantitative estimate of drug-likeness (QED) is 0.736. The Morgan fingerprint density at radius 2 is 1.74 bits per heavy atom. The van der Waals surface area contributed by atoms with Gasteiger partial charge in [-0.1, -0.05) is 35.3 Å². The summed E-state index contributed by atoms with van der Waals surface area (Å²) in [5.74, 6) is -1.14. The molecule has 19 heavy (non-hydrogen) atoms. The van der Waals surface area contributed by atoms with E-state index in [9.17, 15) is 8.78 Å². The van der Waals surface area contributed by atoms with E-state index in [4.69, 9.17) is 28.9 Å². The molecular weight excluding hydrogens is 359 g/mol. The van der Waals surface area contributed by atoms with E-state index in [1.807, 2.05) is 0 Å². The predicted molar refractivity (Wildman–Crippen MR) is 76.6 cm³/mol. The van der Waals surface area contributed by atoms with Gasteiger partial charge in [0.1, 0.15) is 11.6 Å². The van der Waals surface area contributed by atoms with Gasteiger partial charge in [0.05, 0.1) is 16.1 Å². The lowest BCUT2D eigenvalue weighted by molar-refractivity contribution is 0.595. The van der Waals surface area contributed by atoms with Gasteiger partial charge in [0.2, 0.25) is 0 Å². The monoisotopic (exact) mass is 365 g/mol. The smallest absolute Gasteiger partial charge is 0.142 e. The normalized spacial score (nSPS) is 12.5. The van der Waals surface area contributed by atoms with Crippen LogP contribution in [0.25, 0.3) is 0 Å². The SMILES string of the molecule is NC(c1cc(Cl)c(Br)cc1F)c1cccc(F)c1Cl. The molecule has 0 aliphatic heterocycles. The molecule has 0 fully saturated rings.